The average molecular weight is 401 g/mol. The molecule has 3 aromatic carbocycles. The van der Waals surface area contributed by atoms with Gasteiger partial charge >= 0.3 is 0 Å². The Bertz CT molecular complexity index is 1120. The summed E-state index contributed by atoms with van der Waals surface area (Å²) in [4.78, 5) is 17.3. The molecule has 0 radical (unpaired) electrons. The zero-order valence-electron chi connectivity index (χ0n) is 16.4. The third kappa shape index (κ3) is 4.60. The van der Waals surface area contributed by atoms with Gasteiger partial charge in [-0.3, -0.25) is 4.79 Å². The number of aryl methyl sites for hydroxylation is 1. The summed E-state index contributed by atoms with van der Waals surface area (Å²) >= 11 is 0. The summed E-state index contributed by atoms with van der Waals surface area (Å²) in [5, 5.41) is 7.01. The largest absolute Gasteiger partial charge is 0.340 e. The highest BCUT2D eigenvalue weighted by Gasteiger charge is 2.23. The normalized spacial score (nSPS) is 11.8. The molecule has 0 aliphatic carbocycles. The predicted molar refractivity (Wildman–Crippen MR) is 111 cm³/mol. The molecule has 1 N–H and O–H groups in total. The predicted octanol–water partition coefficient (Wildman–Crippen LogP) is 4.90. The Morgan fingerprint density at radius 3 is 2.40 bits per heavy atom. The van der Waals surface area contributed by atoms with E-state index in [1.54, 1.807) is 24.3 Å². The molecular weight excluding hydrogens is 381 g/mol. The number of halogens is 1. The van der Waals surface area contributed by atoms with E-state index in [1.807, 2.05) is 49.4 Å². The van der Waals surface area contributed by atoms with Crippen molar-refractivity contribution in [3.63, 3.8) is 0 Å². The van der Waals surface area contributed by atoms with Gasteiger partial charge in [-0.1, -0.05) is 53.2 Å². The van der Waals surface area contributed by atoms with E-state index in [4.69, 9.17) is 4.52 Å². The highest BCUT2D eigenvalue weighted by molar-refractivity contribution is 5.94. The van der Waals surface area contributed by atoms with E-state index in [0.29, 0.717) is 29.3 Å². The topological polar surface area (TPSA) is 68.0 Å². The van der Waals surface area contributed by atoms with Crippen LogP contribution >= 0.6 is 0 Å². The highest BCUT2D eigenvalue weighted by Crippen LogP contribution is 2.22. The van der Waals surface area contributed by atoms with Crippen LogP contribution in [-0.2, 0) is 6.42 Å². The molecule has 0 spiro atoms. The number of carbonyl (C=O) groups excluding carboxylic acids is 1. The number of aromatic nitrogens is 2. The summed E-state index contributed by atoms with van der Waals surface area (Å²) < 4.78 is 18.7. The molecule has 4 aromatic rings. The molecule has 150 valence electrons. The van der Waals surface area contributed by atoms with Crippen molar-refractivity contribution in [3.05, 3.63) is 107 Å². The minimum absolute atomic E-state index is 0.225. The van der Waals surface area contributed by atoms with Crippen LogP contribution < -0.4 is 5.32 Å². The standard InChI is InChI=1S/C24H20FN3O2/c1-16-7-9-19(10-8-16)23(29)26-21(15-17-5-3-2-4-6-17)24-27-22(28-30-24)18-11-13-20(25)14-12-18/h2-14,21H,15H2,1H3,(H,26,29)/t21-/m0/s1. The Kier molecular flexibility index (Phi) is 5.66. The molecule has 1 heterocycles. The van der Waals surface area contributed by atoms with Crippen LogP contribution in [0.15, 0.2) is 83.4 Å². The summed E-state index contributed by atoms with van der Waals surface area (Å²) in [5.41, 5.74) is 3.29. The lowest BCUT2D eigenvalue weighted by molar-refractivity contribution is 0.0928. The second kappa shape index (κ2) is 8.69. The van der Waals surface area contributed by atoms with Gasteiger partial charge in [0.1, 0.15) is 11.9 Å². The van der Waals surface area contributed by atoms with Crippen LogP contribution in [0, 0.1) is 12.7 Å². The molecule has 6 heteroatoms. The third-order valence-corrected chi connectivity index (χ3v) is 4.74. The van der Waals surface area contributed by atoms with Crippen LogP contribution in [0.3, 0.4) is 0 Å². The molecule has 0 saturated heterocycles. The van der Waals surface area contributed by atoms with Gasteiger partial charge in [-0.2, -0.15) is 4.98 Å². The first-order chi connectivity index (χ1) is 14.6. The van der Waals surface area contributed by atoms with Gasteiger partial charge in [-0.25, -0.2) is 4.39 Å². The molecule has 0 saturated carbocycles. The molecule has 1 aromatic heterocycles. The van der Waals surface area contributed by atoms with Gasteiger partial charge in [-0.05, 0) is 48.9 Å². The first-order valence-electron chi connectivity index (χ1n) is 9.59. The summed E-state index contributed by atoms with van der Waals surface area (Å²) in [6.45, 7) is 1.97. The Labute approximate surface area is 173 Å². The number of hydrogen-bond acceptors (Lipinski definition) is 4. The first kappa shape index (κ1) is 19.5. The molecule has 0 aliphatic rings. The fraction of sp³-hybridized carbons (Fsp3) is 0.125. The van der Waals surface area contributed by atoms with Gasteiger partial charge in [0.2, 0.25) is 11.7 Å². The van der Waals surface area contributed by atoms with Crippen LogP contribution in [-0.4, -0.2) is 16.0 Å². The van der Waals surface area contributed by atoms with E-state index in [9.17, 15) is 9.18 Å². The van der Waals surface area contributed by atoms with E-state index in [1.165, 1.54) is 12.1 Å². The van der Waals surface area contributed by atoms with E-state index < -0.39 is 6.04 Å². The number of nitrogens with zero attached hydrogens (tertiary/aromatic N) is 2. The van der Waals surface area contributed by atoms with Gasteiger partial charge in [0, 0.05) is 17.5 Å². The molecular formula is C24H20FN3O2. The van der Waals surface area contributed by atoms with E-state index in [2.05, 4.69) is 15.5 Å². The SMILES string of the molecule is Cc1ccc(C(=O)N[C@@H](Cc2ccccc2)c2nc(-c3ccc(F)cc3)no2)cc1. The number of nitrogens with one attached hydrogen (secondary N) is 1. The lowest BCUT2D eigenvalue weighted by Crippen LogP contribution is -2.30. The summed E-state index contributed by atoms with van der Waals surface area (Å²) in [6, 6.07) is 22.4. The van der Waals surface area contributed by atoms with Crippen molar-refractivity contribution in [1.82, 2.24) is 15.5 Å². The summed E-state index contributed by atoms with van der Waals surface area (Å²) in [6.07, 6.45) is 0.490. The summed E-state index contributed by atoms with van der Waals surface area (Å²) in [7, 11) is 0. The van der Waals surface area contributed by atoms with Crippen molar-refractivity contribution in [2.45, 2.75) is 19.4 Å². The van der Waals surface area contributed by atoms with Crippen LogP contribution in [0.1, 0.15) is 33.4 Å². The van der Waals surface area contributed by atoms with Gasteiger partial charge < -0.3 is 9.84 Å². The third-order valence-electron chi connectivity index (χ3n) is 4.74. The maximum atomic E-state index is 13.2. The van der Waals surface area contributed by atoms with Crippen LogP contribution in [0.2, 0.25) is 0 Å². The van der Waals surface area contributed by atoms with Gasteiger partial charge in [0.05, 0.1) is 0 Å². The monoisotopic (exact) mass is 401 g/mol. The van der Waals surface area contributed by atoms with Crippen molar-refractivity contribution < 1.29 is 13.7 Å². The number of benzene rings is 3. The first-order valence-corrected chi connectivity index (χ1v) is 9.59. The molecule has 1 atom stereocenters. The fourth-order valence-electron chi connectivity index (χ4n) is 3.09. The Hall–Kier alpha value is -3.80. The molecule has 0 fully saturated rings. The van der Waals surface area contributed by atoms with Gasteiger partial charge in [0.25, 0.3) is 5.91 Å². The van der Waals surface area contributed by atoms with Crippen molar-refractivity contribution in [3.8, 4) is 11.4 Å². The molecule has 4 rings (SSSR count). The minimum Gasteiger partial charge on any atom is -0.340 e. The zero-order chi connectivity index (χ0) is 20.9. The second-order valence-electron chi connectivity index (χ2n) is 7.04. The van der Waals surface area contributed by atoms with Crippen LogP contribution in [0.25, 0.3) is 11.4 Å². The molecule has 5 nitrogen and oxygen atoms in total. The maximum Gasteiger partial charge on any atom is 0.251 e. The molecule has 0 unspecified atom stereocenters. The van der Waals surface area contributed by atoms with E-state index in [-0.39, 0.29) is 11.7 Å². The average Bonchev–Trinajstić information content (AvgIpc) is 3.25. The van der Waals surface area contributed by atoms with Crippen molar-refractivity contribution in [2.24, 2.45) is 0 Å². The van der Waals surface area contributed by atoms with Crippen molar-refractivity contribution in [2.75, 3.05) is 0 Å². The number of amides is 1. The van der Waals surface area contributed by atoms with Crippen molar-refractivity contribution in [1.29, 1.82) is 0 Å². The molecule has 30 heavy (non-hydrogen) atoms. The summed E-state index contributed by atoms with van der Waals surface area (Å²) in [5.74, 6) is 0.0681. The second-order valence-corrected chi connectivity index (χ2v) is 7.04. The molecule has 1 amide bonds. The Morgan fingerprint density at radius 1 is 1.00 bits per heavy atom. The van der Waals surface area contributed by atoms with Crippen molar-refractivity contribution >= 4 is 5.91 Å². The maximum absolute atomic E-state index is 13.2. The molecule has 0 aliphatic heterocycles. The van der Waals surface area contributed by atoms with Gasteiger partial charge in [-0.15, -0.1) is 0 Å². The van der Waals surface area contributed by atoms with Crippen LogP contribution in [0.4, 0.5) is 4.39 Å². The van der Waals surface area contributed by atoms with Gasteiger partial charge in [0.15, 0.2) is 0 Å². The zero-order valence-corrected chi connectivity index (χ0v) is 16.4. The Morgan fingerprint density at radius 2 is 1.70 bits per heavy atom. The highest BCUT2D eigenvalue weighted by atomic mass is 19.1. The lowest BCUT2D eigenvalue weighted by Gasteiger charge is -2.15. The minimum atomic E-state index is -0.511. The number of rotatable bonds is 6. The number of hydrogen-bond donors (Lipinski definition) is 1. The Balaban J connectivity index is 1.61. The lowest BCUT2D eigenvalue weighted by atomic mass is 10.0. The fourth-order valence-corrected chi connectivity index (χ4v) is 3.09. The van der Waals surface area contributed by atoms with Crippen LogP contribution in [0.5, 0.6) is 0 Å². The van der Waals surface area contributed by atoms with E-state index in [0.717, 1.165) is 11.1 Å². The molecule has 0 bridgehead atoms. The quantitative estimate of drug-likeness (QED) is 0.499. The smallest absolute Gasteiger partial charge is 0.251 e. The number of carbonyl (C=O) groups is 1. The van der Waals surface area contributed by atoms with E-state index >= 15 is 0 Å².